The van der Waals surface area contributed by atoms with Gasteiger partial charge in [0.05, 0.1) is 32.2 Å². The van der Waals surface area contributed by atoms with Gasteiger partial charge in [-0.05, 0) is 36.2 Å². The minimum absolute atomic E-state index is 0.0784. The Morgan fingerprint density at radius 1 is 0.839 bits per heavy atom. The SMILES string of the molecule is COc1cc(-c2nc3ccccc3c(=O)n2CCc2ccccc2)cc(OC)c1OC. The van der Waals surface area contributed by atoms with Gasteiger partial charge in [-0.2, -0.15) is 0 Å². The second kappa shape index (κ2) is 8.92. The summed E-state index contributed by atoms with van der Waals surface area (Å²) in [5, 5.41) is 0.590. The van der Waals surface area contributed by atoms with Gasteiger partial charge >= 0.3 is 0 Å². The fourth-order valence-corrected chi connectivity index (χ4v) is 3.69. The van der Waals surface area contributed by atoms with Gasteiger partial charge in [-0.25, -0.2) is 4.98 Å². The number of fused-ring (bicyclic) bond motifs is 1. The monoisotopic (exact) mass is 416 g/mol. The molecule has 0 N–H and O–H groups in total. The first-order chi connectivity index (χ1) is 15.2. The summed E-state index contributed by atoms with van der Waals surface area (Å²) in [6.45, 7) is 0.493. The molecule has 3 aromatic carbocycles. The van der Waals surface area contributed by atoms with E-state index in [-0.39, 0.29) is 5.56 Å². The topological polar surface area (TPSA) is 62.6 Å². The lowest BCUT2D eigenvalue weighted by atomic mass is 10.1. The molecule has 6 heteroatoms. The van der Waals surface area contributed by atoms with Crippen LogP contribution in [0, 0.1) is 0 Å². The van der Waals surface area contributed by atoms with E-state index in [2.05, 4.69) is 12.1 Å². The standard InChI is InChI=1S/C25H24N2O4/c1-29-21-15-18(16-22(30-2)23(21)31-3)24-26-20-12-8-7-11-19(20)25(28)27(24)14-13-17-9-5-4-6-10-17/h4-12,15-16H,13-14H2,1-3H3. The van der Waals surface area contributed by atoms with Gasteiger partial charge in [0.25, 0.3) is 5.56 Å². The molecule has 0 fully saturated rings. The van der Waals surface area contributed by atoms with Gasteiger partial charge < -0.3 is 14.2 Å². The molecule has 31 heavy (non-hydrogen) atoms. The molecule has 6 nitrogen and oxygen atoms in total. The van der Waals surface area contributed by atoms with Crippen molar-refractivity contribution in [1.82, 2.24) is 9.55 Å². The molecule has 0 amide bonds. The molecule has 4 aromatic rings. The Balaban J connectivity index is 1.91. The van der Waals surface area contributed by atoms with Crippen LogP contribution in [0.5, 0.6) is 17.2 Å². The van der Waals surface area contributed by atoms with Gasteiger partial charge in [0.15, 0.2) is 11.5 Å². The number of benzene rings is 3. The van der Waals surface area contributed by atoms with Crippen molar-refractivity contribution in [2.45, 2.75) is 13.0 Å². The van der Waals surface area contributed by atoms with E-state index < -0.39 is 0 Å². The summed E-state index contributed by atoms with van der Waals surface area (Å²) in [7, 11) is 4.69. The molecular formula is C25H24N2O4. The van der Waals surface area contributed by atoms with E-state index >= 15 is 0 Å². The summed E-state index contributed by atoms with van der Waals surface area (Å²) in [4.78, 5) is 18.2. The van der Waals surface area contributed by atoms with Crippen molar-refractivity contribution >= 4 is 10.9 Å². The summed E-state index contributed by atoms with van der Waals surface area (Å²) in [6, 6.07) is 21.1. The average Bonchev–Trinajstić information content (AvgIpc) is 2.83. The molecule has 4 rings (SSSR count). The quantitative estimate of drug-likeness (QED) is 0.449. The largest absolute Gasteiger partial charge is 0.493 e. The third kappa shape index (κ3) is 3.97. The lowest BCUT2D eigenvalue weighted by molar-refractivity contribution is 0.324. The highest BCUT2D eigenvalue weighted by Gasteiger charge is 2.18. The first kappa shape index (κ1) is 20.5. The number of aryl methyl sites for hydroxylation is 1. The van der Waals surface area contributed by atoms with Crippen molar-refractivity contribution in [3.8, 4) is 28.6 Å². The number of aromatic nitrogens is 2. The van der Waals surface area contributed by atoms with Crippen LogP contribution >= 0.6 is 0 Å². The second-order valence-electron chi connectivity index (χ2n) is 7.06. The lowest BCUT2D eigenvalue weighted by Crippen LogP contribution is -2.24. The molecule has 0 saturated carbocycles. The number of hydrogen-bond acceptors (Lipinski definition) is 5. The molecule has 158 valence electrons. The zero-order valence-electron chi connectivity index (χ0n) is 17.8. The molecule has 0 saturated heterocycles. The Morgan fingerprint density at radius 2 is 1.48 bits per heavy atom. The molecule has 0 aliphatic heterocycles. The molecule has 0 unspecified atom stereocenters. The van der Waals surface area contributed by atoms with Gasteiger partial charge in [0.2, 0.25) is 5.75 Å². The number of para-hydroxylation sites is 1. The molecule has 0 aliphatic carbocycles. The fourth-order valence-electron chi connectivity index (χ4n) is 3.69. The molecule has 0 bridgehead atoms. The Kier molecular flexibility index (Phi) is 5.89. The maximum absolute atomic E-state index is 13.4. The first-order valence-corrected chi connectivity index (χ1v) is 10.00. The summed E-state index contributed by atoms with van der Waals surface area (Å²) < 4.78 is 18.2. The third-order valence-electron chi connectivity index (χ3n) is 5.25. The number of methoxy groups -OCH3 is 3. The number of nitrogens with zero attached hydrogens (tertiary/aromatic N) is 2. The molecular weight excluding hydrogens is 392 g/mol. The summed E-state index contributed by atoms with van der Waals surface area (Å²) >= 11 is 0. The van der Waals surface area contributed by atoms with Crippen molar-refractivity contribution in [3.05, 3.63) is 82.6 Å². The molecule has 0 aliphatic rings. The van der Waals surface area contributed by atoms with Crippen molar-refractivity contribution in [3.63, 3.8) is 0 Å². The maximum atomic E-state index is 13.4. The van der Waals surface area contributed by atoms with Crippen LogP contribution in [-0.2, 0) is 13.0 Å². The van der Waals surface area contributed by atoms with Crippen LogP contribution in [0.4, 0.5) is 0 Å². The minimum Gasteiger partial charge on any atom is -0.493 e. The highest BCUT2D eigenvalue weighted by molar-refractivity contribution is 5.80. The fraction of sp³-hybridized carbons (Fsp3) is 0.200. The van der Waals surface area contributed by atoms with Crippen LogP contribution in [0.2, 0.25) is 0 Å². The van der Waals surface area contributed by atoms with Gasteiger partial charge in [0, 0.05) is 12.1 Å². The predicted molar refractivity (Wildman–Crippen MR) is 121 cm³/mol. The van der Waals surface area contributed by atoms with Crippen molar-refractivity contribution in [1.29, 1.82) is 0 Å². The molecule has 0 radical (unpaired) electrons. The van der Waals surface area contributed by atoms with Crippen molar-refractivity contribution in [2.75, 3.05) is 21.3 Å². The van der Waals surface area contributed by atoms with Crippen LogP contribution in [0.3, 0.4) is 0 Å². The van der Waals surface area contributed by atoms with Gasteiger partial charge in [-0.3, -0.25) is 9.36 Å². The normalized spacial score (nSPS) is 10.8. The zero-order chi connectivity index (χ0) is 21.8. The highest BCUT2D eigenvalue weighted by Crippen LogP contribution is 2.40. The van der Waals surface area contributed by atoms with Gasteiger partial charge in [-0.15, -0.1) is 0 Å². The number of rotatable bonds is 7. The Labute approximate surface area is 180 Å². The van der Waals surface area contributed by atoms with E-state index in [1.165, 1.54) is 0 Å². The minimum atomic E-state index is -0.0784. The van der Waals surface area contributed by atoms with Crippen LogP contribution in [0.25, 0.3) is 22.3 Å². The van der Waals surface area contributed by atoms with Crippen LogP contribution in [0.1, 0.15) is 5.56 Å². The second-order valence-corrected chi connectivity index (χ2v) is 7.06. The van der Waals surface area contributed by atoms with E-state index in [1.807, 2.05) is 54.6 Å². The summed E-state index contributed by atoms with van der Waals surface area (Å²) in [6.07, 6.45) is 0.707. The van der Waals surface area contributed by atoms with Crippen molar-refractivity contribution < 1.29 is 14.2 Å². The summed E-state index contributed by atoms with van der Waals surface area (Å²) in [5.74, 6) is 2.06. The van der Waals surface area contributed by atoms with Crippen LogP contribution in [0.15, 0.2) is 71.5 Å². The molecule has 0 spiro atoms. The molecule has 1 heterocycles. The van der Waals surface area contributed by atoms with Crippen LogP contribution in [-0.4, -0.2) is 30.9 Å². The average molecular weight is 416 g/mol. The molecule has 1 aromatic heterocycles. The number of ether oxygens (including phenoxy) is 3. The first-order valence-electron chi connectivity index (χ1n) is 10.00. The van der Waals surface area contributed by atoms with E-state index in [0.29, 0.717) is 52.5 Å². The Morgan fingerprint density at radius 3 is 2.13 bits per heavy atom. The maximum Gasteiger partial charge on any atom is 0.261 e. The van der Waals surface area contributed by atoms with E-state index in [9.17, 15) is 4.79 Å². The van der Waals surface area contributed by atoms with Gasteiger partial charge in [0.1, 0.15) is 5.82 Å². The van der Waals surface area contributed by atoms with E-state index in [1.54, 1.807) is 25.9 Å². The Hall–Kier alpha value is -3.80. The third-order valence-corrected chi connectivity index (χ3v) is 5.25. The highest BCUT2D eigenvalue weighted by atomic mass is 16.5. The smallest absolute Gasteiger partial charge is 0.261 e. The van der Waals surface area contributed by atoms with Crippen LogP contribution < -0.4 is 19.8 Å². The zero-order valence-corrected chi connectivity index (χ0v) is 17.8. The van der Waals surface area contributed by atoms with Gasteiger partial charge in [-0.1, -0.05) is 42.5 Å². The van der Waals surface area contributed by atoms with E-state index in [0.717, 1.165) is 5.56 Å². The molecule has 0 atom stereocenters. The Bertz CT molecular complexity index is 1240. The summed E-state index contributed by atoms with van der Waals surface area (Å²) in [5.41, 5.74) is 2.43. The number of hydrogen-bond donors (Lipinski definition) is 0. The lowest BCUT2D eigenvalue weighted by Gasteiger charge is -2.17. The van der Waals surface area contributed by atoms with E-state index in [4.69, 9.17) is 19.2 Å². The van der Waals surface area contributed by atoms with Crippen molar-refractivity contribution in [2.24, 2.45) is 0 Å². The predicted octanol–water partition coefficient (Wildman–Crippen LogP) is 4.33.